The lowest BCUT2D eigenvalue weighted by Crippen LogP contribution is -2.35. The molecule has 0 aliphatic rings. The predicted molar refractivity (Wildman–Crippen MR) is 124 cm³/mol. The summed E-state index contributed by atoms with van der Waals surface area (Å²) in [6.45, 7) is 4.07. The number of benzene rings is 2. The molecule has 0 saturated carbocycles. The summed E-state index contributed by atoms with van der Waals surface area (Å²) in [7, 11) is -4.02. The second kappa shape index (κ2) is 14.4. The number of aryl methyl sites for hydroxylation is 1. The van der Waals surface area contributed by atoms with Crippen LogP contribution in [0.25, 0.3) is 0 Å². The Bertz CT molecular complexity index is 964. The first-order chi connectivity index (χ1) is 15.5. The summed E-state index contributed by atoms with van der Waals surface area (Å²) in [6, 6.07) is 14.0. The summed E-state index contributed by atoms with van der Waals surface area (Å²) in [4.78, 5) is 23.0. The number of rotatable bonds is 10. The van der Waals surface area contributed by atoms with Gasteiger partial charge in [0.25, 0.3) is 10.1 Å². The summed E-state index contributed by atoms with van der Waals surface area (Å²) in [6.07, 6.45) is 1.40. The van der Waals surface area contributed by atoms with Crippen LogP contribution in [0.5, 0.6) is 0 Å². The molecule has 0 bridgehead atoms. The van der Waals surface area contributed by atoms with Gasteiger partial charge in [-0.2, -0.15) is 8.42 Å². The van der Waals surface area contributed by atoms with E-state index in [1.807, 2.05) is 37.3 Å². The molecule has 2 aromatic carbocycles. The molecule has 2 atom stereocenters. The minimum Gasteiger partial charge on any atom is -0.465 e. The molecule has 10 heteroatoms. The van der Waals surface area contributed by atoms with E-state index >= 15 is 0 Å². The first kappa shape index (κ1) is 28.2. The third-order valence-electron chi connectivity index (χ3n) is 4.47. The van der Waals surface area contributed by atoms with Crippen molar-refractivity contribution in [3.8, 4) is 0 Å². The van der Waals surface area contributed by atoms with Crippen molar-refractivity contribution in [1.82, 2.24) is 0 Å². The van der Waals surface area contributed by atoms with E-state index < -0.39 is 34.1 Å². The summed E-state index contributed by atoms with van der Waals surface area (Å²) < 4.78 is 39.5. The standard InChI is InChI=1S/C16H24N2O4.C7H8O3S/c1-2-21-15(19)13(17)9-6-10-14(18)16(20)22-11-12-7-4-3-5-8-12;1-6-2-4-7(5-3-6)11(8,9)10/h3-5,7-8,13-14H,2,6,9-11,17-18H2,1H3;2-5H,1H3,(H,8,9,10)/t13-,14?;/m0./s1. The van der Waals surface area contributed by atoms with Gasteiger partial charge in [0, 0.05) is 0 Å². The molecule has 0 radical (unpaired) electrons. The molecule has 0 spiro atoms. The molecule has 0 fully saturated rings. The molecule has 2 rings (SSSR count). The maximum Gasteiger partial charge on any atom is 0.323 e. The minimum absolute atomic E-state index is 0.0666. The van der Waals surface area contributed by atoms with Crippen molar-refractivity contribution < 1.29 is 32.0 Å². The summed E-state index contributed by atoms with van der Waals surface area (Å²) in [5.41, 5.74) is 13.3. The molecule has 1 unspecified atom stereocenters. The number of nitrogens with two attached hydrogens (primary N) is 2. The molecular weight excluding hydrogens is 448 g/mol. The highest BCUT2D eigenvalue weighted by molar-refractivity contribution is 7.85. The Morgan fingerprint density at radius 3 is 1.91 bits per heavy atom. The fourth-order valence-corrected chi connectivity index (χ4v) is 3.07. The molecule has 0 aliphatic heterocycles. The van der Waals surface area contributed by atoms with Gasteiger partial charge in [-0.3, -0.25) is 14.1 Å². The van der Waals surface area contributed by atoms with Crippen LogP contribution in [0, 0.1) is 6.92 Å². The Labute approximate surface area is 194 Å². The fourth-order valence-electron chi connectivity index (χ4n) is 2.59. The predicted octanol–water partition coefficient (Wildman–Crippen LogP) is 2.36. The topological polar surface area (TPSA) is 159 Å². The van der Waals surface area contributed by atoms with Crippen LogP contribution in [-0.4, -0.2) is 43.6 Å². The van der Waals surface area contributed by atoms with Gasteiger partial charge in [-0.25, -0.2) is 0 Å². The second-order valence-corrected chi connectivity index (χ2v) is 8.70. The zero-order chi connectivity index (χ0) is 24.9. The van der Waals surface area contributed by atoms with Gasteiger partial charge in [-0.15, -0.1) is 0 Å². The Morgan fingerprint density at radius 1 is 0.909 bits per heavy atom. The third kappa shape index (κ3) is 11.6. The van der Waals surface area contributed by atoms with E-state index in [0.717, 1.165) is 11.1 Å². The Morgan fingerprint density at radius 2 is 1.42 bits per heavy atom. The molecule has 182 valence electrons. The minimum atomic E-state index is -4.02. The van der Waals surface area contributed by atoms with Crippen molar-refractivity contribution in [2.45, 2.75) is 56.7 Å². The molecular formula is C23H32N2O7S. The van der Waals surface area contributed by atoms with Gasteiger partial charge in [0.2, 0.25) is 0 Å². The average molecular weight is 481 g/mol. The van der Waals surface area contributed by atoms with Crippen molar-refractivity contribution in [2.24, 2.45) is 11.5 Å². The second-order valence-electron chi connectivity index (χ2n) is 7.28. The lowest BCUT2D eigenvalue weighted by molar-refractivity contribution is -0.146. The number of esters is 2. The van der Waals surface area contributed by atoms with Gasteiger partial charge in [-0.1, -0.05) is 48.0 Å². The quantitative estimate of drug-likeness (QED) is 0.343. The smallest absolute Gasteiger partial charge is 0.323 e. The van der Waals surface area contributed by atoms with E-state index in [2.05, 4.69) is 0 Å². The largest absolute Gasteiger partial charge is 0.465 e. The Kier molecular flexibility index (Phi) is 12.3. The van der Waals surface area contributed by atoms with Crippen LogP contribution >= 0.6 is 0 Å². The Hall–Kier alpha value is -2.79. The summed E-state index contributed by atoms with van der Waals surface area (Å²) >= 11 is 0. The van der Waals surface area contributed by atoms with E-state index in [1.54, 1.807) is 19.1 Å². The highest BCUT2D eigenvalue weighted by atomic mass is 32.2. The van der Waals surface area contributed by atoms with Crippen molar-refractivity contribution in [2.75, 3.05) is 6.61 Å². The Balaban J connectivity index is 0.000000412. The highest BCUT2D eigenvalue weighted by Gasteiger charge is 2.18. The van der Waals surface area contributed by atoms with E-state index in [4.69, 9.17) is 25.5 Å². The van der Waals surface area contributed by atoms with Crippen LogP contribution in [0.2, 0.25) is 0 Å². The summed E-state index contributed by atoms with van der Waals surface area (Å²) in [5, 5.41) is 0. The molecule has 9 nitrogen and oxygen atoms in total. The van der Waals surface area contributed by atoms with Crippen molar-refractivity contribution in [3.05, 3.63) is 65.7 Å². The number of ether oxygens (including phenoxy) is 2. The summed E-state index contributed by atoms with van der Waals surface area (Å²) in [5.74, 6) is -0.878. The number of carbonyl (C=O) groups excluding carboxylic acids is 2. The zero-order valence-electron chi connectivity index (χ0n) is 18.8. The van der Waals surface area contributed by atoms with E-state index in [1.165, 1.54) is 12.1 Å². The van der Waals surface area contributed by atoms with Crippen molar-refractivity contribution in [1.29, 1.82) is 0 Å². The highest BCUT2D eigenvalue weighted by Crippen LogP contribution is 2.09. The van der Waals surface area contributed by atoms with Gasteiger partial charge in [0.1, 0.15) is 18.7 Å². The van der Waals surface area contributed by atoms with E-state index in [-0.39, 0.29) is 11.5 Å². The lowest BCUT2D eigenvalue weighted by Gasteiger charge is -2.13. The monoisotopic (exact) mass is 480 g/mol. The molecule has 33 heavy (non-hydrogen) atoms. The van der Waals surface area contributed by atoms with Gasteiger partial charge in [0.15, 0.2) is 0 Å². The van der Waals surface area contributed by atoms with Gasteiger partial charge >= 0.3 is 11.9 Å². The van der Waals surface area contributed by atoms with Crippen LogP contribution in [0.1, 0.15) is 37.3 Å². The number of carbonyl (C=O) groups is 2. The molecule has 5 N–H and O–H groups in total. The average Bonchev–Trinajstić information content (AvgIpc) is 2.78. The first-order valence-electron chi connectivity index (χ1n) is 10.5. The van der Waals surface area contributed by atoms with Gasteiger partial charge < -0.3 is 20.9 Å². The maximum absolute atomic E-state index is 11.8. The first-order valence-corrected chi connectivity index (χ1v) is 11.9. The number of hydrogen-bond donors (Lipinski definition) is 3. The normalized spacial score (nSPS) is 12.6. The van der Waals surface area contributed by atoms with Crippen LogP contribution < -0.4 is 11.5 Å². The molecule has 2 aromatic rings. The zero-order valence-corrected chi connectivity index (χ0v) is 19.7. The van der Waals surface area contributed by atoms with Crippen LogP contribution in [0.15, 0.2) is 59.5 Å². The van der Waals surface area contributed by atoms with Crippen LogP contribution in [0.4, 0.5) is 0 Å². The van der Waals surface area contributed by atoms with Crippen LogP contribution in [-0.2, 0) is 35.8 Å². The SMILES string of the molecule is CCOC(=O)[C@@H](N)CCCC(N)C(=O)OCc1ccccc1.Cc1ccc(S(=O)(=O)O)cc1. The van der Waals surface area contributed by atoms with Gasteiger partial charge in [0.05, 0.1) is 11.5 Å². The maximum atomic E-state index is 11.8. The van der Waals surface area contributed by atoms with Crippen molar-refractivity contribution >= 4 is 22.1 Å². The molecule has 0 heterocycles. The third-order valence-corrected chi connectivity index (χ3v) is 5.33. The van der Waals surface area contributed by atoms with E-state index in [0.29, 0.717) is 25.9 Å². The van der Waals surface area contributed by atoms with Crippen molar-refractivity contribution in [3.63, 3.8) is 0 Å². The molecule has 0 aromatic heterocycles. The molecule has 0 amide bonds. The molecule has 0 aliphatic carbocycles. The van der Waals surface area contributed by atoms with E-state index in [9.17, 15) is 18.0 Å². The lowest BCUT2D eigenvalue weighted by atomic mass is 10.1. The van der Waals surface area contributed by atoms with Gasteiger partial charge in [-0.05, 0) is 50.8 Å². The molecule has 0 saturated heterocycles. The fraction of sp³-hybridized carbons (Fsp3) is 0.391. The van der Waals surface area contributed by atoms with Crippen LogP contribution in [0.3, 0.4) is 0 Å². The number of hydrogen-bond acceptors (Lipinski definition) is 8.